The first kappa shape index (κ1) is 17.8. The van der Waals surface area contributed by atoms with E-state index >= 15 is 0 Å². The van der Waals surface area contributed by atoms with Gasteiger partial charge in [0.05, 0.1) is 6.67 Å². The molecule has 0 fully saturated rings. The molecule has 0 aliphatic heterocycles. The van der Waals surface area contributed by atoms with Crippen LogP contribution in [-0.2, 0) is 0 Å². The molecule has 0 bridgehead atoms. The van der Waals surface area contributed by atoms with E-state index in [9.17, 15) is 15.3 Å². The third-order valence-electron chi connectivity index (χ3n) is 2.99. The Morgan fingerprint density at radius 3 is 1.89 bits per heavy atom. The van der Waals surface area contributed by atoms with Crippen molar-refractivity contribution in [1.29, 1.82) is 0 Å². The maximum absolute atomic E-state index is 10.0. The van der Waals surface area contributed by atoms with Gasteiger partial charge in [-0.05, 0) is 41.7 Å². The average molecular weight is 263 g/mol. The van der Waals surface area contributed by atoms with Crippen molar-refractivity contribution in [2.75, 3.05) is 26.8 Å². The first-order valence-corrected chi connectivity index (χ1v) is 6.27. The van der Waals surface area contributed by atoms with Gasteiger partial charge >= 0.3 is 0 Å². The zero-order valence-electron chi connectivity index (χ0n) is 12.4. The van der Waals surface area contributed by atoms with Crippen LogP contribution in [0.5, 0.6) is 0 Å². The maximum Gasteiger partial charge on any atom is 0.113 e. The Balaban J connectivity index is 4.35. The third kappa shape index (κ3) is 7.25. The minimum atomic E-state index is -0.984. The van der Waals surface area contributed by atoms with Crippen LogP contribution in [0.1, 0.15) is 34.6 Å². The Kier molecular flexibility index (Phi) is 6.70. The summed E-state index contributed by atoms with van der Waals surface area (Å²) in [7, 11) is 1.82. The second-order valence-corrected chi connectivity index (χ2v) is 5.71. The fraction of sp³-hybridized carbons (Fsp3) is 1.00. The van der Waals surface area contributed by atoms with Gasteiger partial charge in [-0.15, -0.1) is 0 Å². The second-order valence-electron chi connectivity index (χ2n) is 5.71. The molecule has 0 spiro atoms. The fourth-order valence-corrected chi connectivity index (χ4v) is 1.33. The molecule has 1 atom stereocenters. The van der Waals surface area contributed by atoms with Crippen molar-refractivity contribution < 1.29 is 15.3 Å². The molecular formula is C12H29N3O3. The summed E-state index contributed by atoms with van der Waals surface area (Å²) in [6.07, 6.45) is -0.623. The highest BCUT2D eigenvalue weighted by Gasteiger charge is 2.25. The topological polar surface area (TPSA) is 79.2 Å². The lowest BCUT2D eigenvalue weighted by Crippen LogP contribution is -2.53. The van der Waals surface area contributed by atoms with E-state index < -0.39 is 17.7 Å². The molecule has 0 aromatic carbocycles. The molecule has 4 N–H and O–H groups in total. The van der Waals surface area contributed by atoms with Crippen LogP contribution in [0, 0.1) is 0 Å². The molecule has 110 valence electrons. The monoisotopic (exact) mass is 263 g/mol. The second kappa shape index (κ2) is 6.79. The predicted octanol–water partition coefficient (Wildman–Crippen LogP) is -0.438. The number of hydrogen-bond donors (Lipinski definition) is 4. The van der Waals surface area contributed by atoms with Crippen LogP contribution in [0.15, 0.2) is 0 Å². The van der Waals surface area contributed by atoms with Gasteiger partial charge in [-0.1, -0.05) is 0 Å². The lowest BCUT2D eigenvalue weighted by Gasteiger charge is -2.37. The van der Waals surface area contributed by atoms with Gasteiger partial charge in [-0.3, -0.25) is 15.1 Å². The van der Waals surface area contributed by atoms with Gasteiger partial charge in [-0.2, -0.15) is 0 Å². The van der Waals surface area contributed by atoms with Crippen molar-refractivity contribution in [3.8, 4) is 0 Å². The van der Waals surface area contributed by atoms with E-state index in [1.54, 1.807) is 44.4 Å². The molecule has 0 saturated carbocycles. The van der Waals surface area contributed by atoms with E-state index in [0.29, 0.717) is 19.8 Å². The molecule has 6 heteroatoms. The van der Waals surface area contributed by atoms with Gasteiger partial charge in [0.2, 0.25) is 0 Å². The smallest absolute Gasteiger partial charge is 0.113 e. The van der Waals surface area contributed by atoms with Crippen molar-refractivity contribution in [2.24, 2.45) is 0 Å². The Labute approximate surface area is 110 Å². The van der Waals surface area contributed by atoms with Gasteiger partial charge in [-0.25, -0.2) is 0 Å². The average Bonchev–Trinajstić information content (AvgIpc) is 2.12. The van der Waals surface area contributed by atoms with E-state index in [4.69, 9.17) is 0 Å². The highest BCUT2D eigenvalue weighted by Crippen LogP contribution is 2.11. The number of nitrogens with zero attached hydrogens (tertiary/aromatic N) is 2. The Hall–Kier alpha value is -0.240. The van der Waals surface area contributed by atoms with Crippen LogP contribution >= 0.6 is 0 Å². The first-order valence-electron chi connectivity index (χ1n) is 6.27. The molecule has 0 amide bonds. The number of hydrogen-bond acceptors (Lipinski definition) is 6. The fourth-order valence-electron chi connectivity index (χ4n) is 1.33. The van der Waals surface area contributed by atoms with Crippen molar-refractivity contribution in [1.82, 2.24) is 15.1 Å². The van der Waals surface area contributed by atoms with Crippen LogP contribution in [0.4, 0.5) is 0 Å². The number of rotatable bonds is 8. The third-order valence-corrected chi connectivity index (χ3v) is 2.99. The molecule has 0 rings (SSSR count). The lowest BCUT2D eigenvalue weighted by molar-refractivity contribution is -0.107. The van der Waals surface area contributed by atoms with Crippen LogP contribution < -0.4 is 5.32 Å². The Bertz CT molecular complexity index is 234. The number of nitrogens with one attached hydrogen (secondary N) is 1. The Morgan fingerprint density at radius 2 is 1.56 bits per heavy atom. The minimum absolute atomic E-state index is 0.376. The van der Waals surface area contributed by atoms with Crippen LogP contribution in [-0.4, -0.2) is 69.6 Å². The molecule has 0 aliphatic carbocycles. The van der Waals surface area contributed by atoms with E-state index in [1.165, 1.54) is 0 Å². The zero-order valence-corrected chi connectivity index (χ0v) is 12.4. The van der Waals surface area contributed by atoms with Crippen LogP contribution in [0.2, 0.25) is 0 Å². The summed E-state index contributed by atoms with van der Waals surface area (Å²) in [6.45, 7) is 10.0. The summed E-state index contributed by atoms with van der Waals surface area (Å²) in [5.74, 6) is 0. The van der Waals surface area contributed by atoms with Crippen LogP contribution in [0.3, 0.4) is 0 Å². The van der Waals surface area contributed by atoms with Crippen molar-refractivity contribution in [3.05, 3.63) is 0 Å². The highest BCUT2D eigenvalue weighted by atomic mass is 16.3. The molecule has 18 heavy (non-hydrogen) atoms. The lowest BCUT2D eigenvalue weighted by atomic mass is 10.2. The summed E-state index contributed by atoms with van der Waals surface area (Å²) in [4.78, 5) is 3.59. The SMILES string of the molecule is CC(O)NCN(CCN(C)C(C)(C)O)C(C)(C)O. The van der Waals surface area contributed by atoms with Gasteiger partial charge in [0, 0.05) is 13.1 Å². The summed E-state index contributed by atoms with van der Waals surface area (Å²) in [5, 5.41) is 31.9. The van der Waals surface area contributed by atoms with E-state index in [-0.39, 0.29) is 0 Å². The molecule has 0 aromatic rings. The number of likely N-dealkylation sites (N-methyl/N-ethyl adjacent to an activating group) is 1. The molecule has 0 saturated heterocycles. The molecule has 1 unspecified atom stereocenters. The van der Waals surface area contributed by atoms with Crippen molar-refractivity contribution >= 4 is 0 Å². The van der Waals surface area contributed by atoms with Gasteiger partial charge in [0.1, 0.15) is 17.7 Å². The van der Waals surface area contributed by atoms with Crippen LogP contribution in [0.25, 0.3) is 0 Å². The van der Waals surface area contributed by atoms with Gasteiger partial charge < -0.3 is 15.3 Å². The summed E-state index contributed by atoms with van der Waals surface area (Å²) in [5.41, 5.74) is -1.87. The molecule has 0 aromatic heterocycles. The van der Waals surface area contributed by atoms with Gasteiger partial charge in [0.15, 0.2) is 0 Å². The number of aliphatic hydroxyl groups excluding tert-OH is 1. The van der Waals surface area contributed by atoms with Gasteiger partial charge in [0.25, 0.3) is 0 Å². The predicted molar refractivity (Wildman–Crippen MR) is 71.6 cm³/mol. The molecular weight excluding hydrogens is 234 g/mol. The molecule has 0 heterocycles. The normalized spacial score (nSPS) is 15.5. The maximum atomic E-state index is 10.0. The minimum Gasteiger partial charge on any atom is -0.379 e. The highest BCUT2D eigenvalue weighted by molar-refractivity contribution is 4.73. The largest absolute Gasteiger partial charge is 0.379 e. The van der Waals surface area contributed by atoms with E-state index in [0.717, 1.165) is 0 Å². The van der Waals surface area contributed by atoms with Crippen molar-refractivity contribution in [3.63, 3.8) is 0 Å². The van der Waals surface area contributed by atoms with E-state index in [1.807, 2.05) is 7.05 Å². The molecule has 6 nitrogen and oxygen atoms in total. The Morgan fingerprint density at radius 1 is 1.06 bits per heavy atom. The van der Waals surface area contributed by atoms with E-state index in [2.05, 4.69) is 5.32 Å². The molecule has 0 aliphatic rings. The summed E-state index contributed by atoms with van der Waals surface area (Å²) >= 11 is 0. The standard InChI is InChI=1S/C12H29N3O3/c1-10(16)13-9-15(12(4,5)18)8-7-14(6)11(2,3)17/h10,13,16-18H,7-9H2,1-6H3. The summed E-state index contributed by atoms with van der Waals surface area (Å²) < 4.78 is 0. The quantitative estimate of drug-likeness (QED) is 0.445. The molecule has 0 radical (unpaired) electrons. The first-order chi connectivity index (χ1) is 7.94. The summed E-state index contributed by atoms with van der Waals surface area (Å²) in [6, 6.07) is 0. The van der Waals surface area contributed by atoms with Crippen molar-refractivity contribution in [2.45, 2.75) is 52.3 Å². The zero-order chi connectivity index (χ0) is 14.6. The number of aliphatic hydroxyl groups is 3.